The second-order valence-electron chi connectivity index (χ2n) is 27.1. The zero-order valence-electron chi connectivity index (χ0n) is 50.6. The predicted molar refractivity (Wildman–Crippen MR) is 291 cm³/mol. The molecule has 0 spiro atoms. The van der Waals surface area contributed by atoms with Crippen LogP contribution in [0.1, 0.15) is 125 Å². The van der Waals surface area contributed by atoms with Crippen molar-refractivity contribution in [2.45, 2.75) is 239 Å². The third kappa shape index (κ3) is 32.8. The summed E-state index contributed by atoms with van der Waals surface area (Å²) in [5, 5.41) is 35.2. The molecule has 1 aliphatic rings. The Hall–Kier alpha value is -1.38. The summed E-state index contributed by atoms with van der Waals surface area (Å²) in [5.41, 5.74) is -1.25. The Kier molecular flexibility index (Phi) is 30.2. The number of hydrogen-bond acceptors (Lipinski definition) is 16. The Labute approximate surface area is 449 Å². The van der Waals surface area contributed by atoms with Gasteiger partial charge in [-0.25, -0.2) is 14.8 Å². The molecule has 0 aromatic rings. The van der Waals surface area contributed by atoms with Crippen LogP contribution in [0.4, 0.5) is 9.59 Å². The fraction of sp³-hybridized carbons (Fsp3) is 0.918. The van der Waals surface area contributed by atoms with E-state index in [-0.39, 0.29) is 37.5 Å². The van der Waals surface area contributed by atoms with Gasteiger partial charge in [-0.15, -0.1) is 6.58 Å². The third-order valence-electron chi connectivity index (χ3n) is 13.8. The second-order valence-corrected chi connectivity index (χ2v) is 48.7. The van der Waals surface area contributed by atoms with Crippen molar-refractivity contribution in [1.82, 2.24) is 10.6 Å². The van der Waals surface area contributed by atoms with Gasteiger partial charge in [0.15, 0.2) is 33.3 Å². The summed E-state index contributed by atoms with van der Waals surface area (Å²) in [6, 6.07) is -1.28. The minimum absolute atomic E-state index is 0.00178. The van der Waals surface area contributed by atoms with Crippen molar-refractivity contribution in [3.8, 4) is 0 Å². The van der Waals surface area contributed by atoms with Crippen LogP contribution in [0.25, 0.3) is 0 Å². The first-order valence-corrected chi connectivity index (χ1v) is 40.9. The van der Waals surface area contributed by atoms with Gasteiger partial charge in [-0.1, -0.05) is 89.2 Å². The van der Waals surface area contributed by atoms with Gasteiger partial charge in [-0.05, 0) is 114 Å². The number of quaternary nitrogens is 1. The fourth-order valence-electron chi connectivity index (χ4n) is 5.02. The van der Waals surface area contributed by atoms with Crippen LogP contribution in [-0.4, -0.2) is 160 Å². The number of morpholine rings is 1. The number of aliphatic hydroxyl groups is 2. The molecule has 438 valence electrons. The summed E-state index contributed by atoms with van der Waals surface area (Å²) < 4.78 is 76.7. The number of nitrogens with one attached hydrogen (secondary N) is 2. The van der Waals surface area contributed by atoms with Crippen molar-refractivity contribution >= 4 is 45.5 Å². The number of likely N-dealkylation sites (N-methyl/N-ethyl adjacent to an activating group) is 1. The number of carbonyl (C=O) groups is 2. The Morgan fingerprint density at radius 3 is 1.18 bits per heavy atom. The molecule has 1 rings (SSSR count). The van der Waals surface area contributed by atoms with Gasteiger partial charge in [0, 0.05) is 0 Å². The van der Waals surface area contributed by atoms with Gasteiger partial charge in [0.05, 0.1) is 70.5 Å². The van der Waals surface area contributed by atoms with Gasteiger partial charge in [-0.3, -0.25) is 0 Å². The molecular formula is C49H108N3O16OsSi4+. The van der Waals surface area contributed by atoms with E-state index in [1.54, 1.807) is 33.9 Å². The third-order valence-corrected chi connectivity index (χ3v) is 31.8. The monoisotopic (exact) mass is 1300 g/mol. The average Bonchev–Trinajstić information content (AvgIpc) is 3.12. The van der Waals surface area contributed by atoms with Crippen LogP contribution < -0.4 is 10.6 Å². The molecule has 0 bridgehead atoms. The van der Waals surface area contributed by atoms with E-state index in [1.165, 1.54) is 0 Å². The minimum atomic E-state index is -6.06. The molecule has 5 atom stereocenters. The van der Waals surface area contributed by atoms with Gasteiger partial charge in [0.2, 0.25) is 0 Å². The molecule has 0 aromatic carbocycles. The zero-order valence-corrected chi connectivity index (χ0v) is 57.1. The van der Waals surface area contributed by atoms with Gasteiger partial charge in [0.1, 0.15) is 24.3 Å². The Balaban J connectivity index is -0.00000107. The van der Waals surface area contributed by atoms with E-state index in [2.05, 4.69) is 153 Å². The van der Waals surface area contributed by atoms with Crippen molar-refractivity contribution in [2.75, 3.05) is 53.2 Å². The Morgan fingerprint density at radius 1 is 0.616 bits per heavy atom. The van der Waals surface area contributed by atoms with Crippen LogP contribution in [0.5, 0.6) is 0 Å². The first-order valence-electron chi connectivity index (χ1n) is 25.1. The van der Waals surface area contributed by atoms with Gasteiger partial charge in [-0.2, -0.15) is 4.65 Å². The number of carbonyl (C=O) groups excluding carboxylic acids is 2. The number of hydrogen-bond donors (Lipinski definition) is 5. The maximum atomic E-state index is 12.5. The second kappa shape index (κ2) is 29.0. The molecule has 1 saturated heterocycles. The molecule has 0 aromatic heterocycles. The van der Waals surface area contributed by atoms with Crippen LogP contribution in [0.2, 0.25) is 72.5 Å². The standard InChI is InChI=1S/C22H49NO6Si2.C22H47NO4Si2.C5H12NO2.4O.Os/c1-20(2,3)28-19(26)23-18(16(25)14-24)17(29-31(12,13)22(7,8)9)15-27-30(10,11)21(4,5)6;1-15-17(23-19(24)26-20(2,3)4)18(27-29(13,14)22(8,9)10)16-25-28(11,12)21(5,6)7;1-6(7)2-4-8-5-3-6;;;;;/h16-18,24-25H,14-15H2,1-13H3,(H,23,26);15,17-18H,1,16H2,2-14H3,(H,23,24);7H,2-5H2,1H3;;;;;/q;;+1;;;;;/t16?,17-,18-;17-,18-;;;;;;/m00....../s1. The molecule has 2 amide bonds. The van der Waals surface area contributed by atoms with Crippen molar-refractivity contribution < 1.29 is 90.6 Å². The fourth-order valence-corrected chi connectivity index (χ4v) is 9.70. The number of ether oxygens (including phenoxy) is 3. The molecular weight excluding hydrogens is 1190 g/mol. The summed E-state index contributed by atoms with van der Waals surface area (Å²) in [5.74, 6) is 0. The van der Waals surface area contributed by atoms with Crippen molar-refractivity contribution in [1.29, 1.82) is 0 Å². The van der Waals surface area contributed by atoms with Crippen molar-refractivity contribution in [3.05, 3.63) is 12.7 Å². The molecule has 0 radical (unpaired) electrons. The number of amides is 2. The average molecular weight is 1300 g/mol. The molecule has 1 heterocycles. The topological polar surface area (TPSA) is 252 Å². The van der Waals surface area contributed by atoms with Crippen LogP contribution in [0, 0.1) is 0 Å². The molecule has 0 saturated carbocycles. The first-order chi connectivity index (χ1) is 31.9. The molecule has 0 aliphatic carbocycles. The summed E-state index contributed by atoms with van der Waals surface area (Å²) in [6.45, 7) is 61.2. The normalized spacial score (nSPS) is 17.5. The zero-order chi connectivity index (χ0) is 59.1. The molecule has 5 N–H and O–H groups in total. The number of rotatable bonds is 17. The summed E-state index contributed by atoms with van der Waals surface area (Å²) in [7, 11) is -6.66. The van der Waals surface area contributed by atoms with Crippen LogP contribution in [-0.2, 0) is 60.9 Å². The molecule has 1 fully saturated rings. The van der Waals surface area contributed by atoms with Gasteiger partial charge >= 0.3 is 41.2 Å². The van der Waals surface area contributed by atoms with E-state index >= 15 is 0 Å². The van der Waals surface area contributed by atoms with E-state index in [4.69, 9.17) is 46.1 Å². The molecule has 73 heavy (non-hydrogen) atoms. The maximum absolute atomic E-state index is 12.5. The van der Waals surface area contributed by atoms with Gasteiger partial charge in [0.25, 0.3) is 0 Å². The first kappa shape index (κ1) is 75.9. The van der Waals surface area contributed by atoms with E-state index in [0.717, 1.165) is 13.1 Å². The van der Waals surface area contributed by atoms with E-state index in [0.29, 0.717) is 19.8 Å². The van der Waals surface area contributed by atoms with Gasteiger partial charge < -0.3 is 52.8 Å². The molecule has 1 unspecified atom stereocenters. The number of aliphatic hydroxyl groups excluding tert-OH is 2. The Bertz CT molecular complexity index is 1880. The summed E-state index contributed by atoms with van der Waals surface area (Å²) in [4.78, 5) is 24.9. The van der Waals surface area contributed by atoms with Crippen LogP contribution in [0.3, 0.4) is 0 Å². The van der Waals surface area contributed by atoms with E-state index in [9.17, 15) is 25.0 Å². The van der Waals surface area contributed by atoms with Crippen molar-refractivity contribution in [2.24, 2.45) is 0 Å². The molecule has 19 nitrogen and oxygen atoms in total. The SMILES string of the molecule is C=C[C@H](NC(=O)OC(C)(C)C)[C@H](CO[Si](C)(C)C(C)(C)C)O[Si](C)(C)C(C)(C)C.CC(C)(C)OC(=O)N[C@@H](C(O)CO)[C@H](CO[Si](C)(C)C(C)(C)C)O[Si](C)(C)C(C)(C)C.C[N+]1(O)CCOCC1.[O]=[Os](=[O])(=[O])=[O]. The van der Waals surface area contributed by atoms with Crippen molar-refractivity contribution in [3.63, 3.8) is 0 Å². The quantitative estimate of drug-likeness (QED) is 0.0516. The van der Waals surface area contributed by atoms with E-state index in [1.807, 2.05) is 20.8 Å². The molecule has 1 aliphatic heterocycles. The van der Waals surface area contributed by atoms with Crippen LogP contribution in [0.15, 0.2) is 12.7 Å². The van der Waals surface area contributed by atoms with E-state index < -0.39 is 102 Å². The number of nitrogens with zero attached hydrogens (tertiary/aromatic N) is 1. The molecule has 24 heteroatoms. The Morgan fingerprint density at radius 2 is 0.918 bits per heavy atom. The summed E-state index contributed by atoms with van der Waals surface area (Å²) >= 11 is -6.06. The van der Waals surface area contributed by atoms with Crippen LogP contribution >= 0.6 is 0 Å². The number of alkyl carbamates (subject to hydrolysis) is 2. The predicted octanol–water partition coefficient (Wildman–Crippen LogP) is 10.5. The number of hydroxylamine groups is 3. The summed E-state index contributed by atoms with van der Waals surface area (Å²) in [6.07, 6.45) is -1.60.